The van der Waals surface area contributed by atoms with Gasteiger partial charge >= 0.3 is 0 Å². The van der Waals surface area contributed by atoms with Gasteiger partial charge in [-0.25, -0.2) is 0 Å². The molecular formula is C14H22N2. The lowest BCUT2D eigenvalue weighted by molar-refractivity contribution is 0.141. The summed E-state index contributed by atoms with van der Waals surface area (Å²) in [7, 11) is 2.12. The third kappa shape index (κ3) is 3.06. The average Bonchev–Trinajstić information content (AvgIpc) is 2.32. The molecule has 1 aliphatic rings. The first-order chi connectivity index (χ1) is 7.75. The maximum Gasteiger partial charge on any atom is 0.0571 e. The van der Waals surface area contributed by atoms with Gasteiger partial charge in [0, 0.05) is 0 Å². The fourth-order valence-electron chi connectivity index (χ4n) is 2.47. The highest BCUT2D eigenvalue weighted by Gasteiger charge is 2.22. The largest absolute Gasteiger partial charge is 0.316 e. The number of nitrogens with two attached hydrogens (primary N) is 1. The first kappa shape index (κ1) is 11.6. The van der Waals surface area contributed by atoms with Crippen molar-refractivity contribution in [2.75, 3.05) is 13.6 Å². The number of rotatable bonds is 3. The van der Waals surface area contributed by atoms with Gasteiger partial charge in [-0.15, -0.1) is 0 Å². The van der Waals surface area contributed by atoms with Crippen molar-refractivity contribution in [3.05, 3.63) is 35.9 Å². The quantitative estimate of drug-likeness (QED) is 0.843. The second-order valence-electron chi connectivity index (χ2n) is 4.96. The summed E-state index contributed by atoms with van der Waals surface area (Å²) < 4.78 is 0. The SMILES string of the molecule is CN1CCC(CCc2ccccc2)CC1N. The van der Waals surface area contributed by atoms with Gasteiger partial charge in [0.25, 0.3) is 0 Å². The van der Waals surface area contributed by atoms with E-state index >= 15 is 0 Å². The molecule has 2 rings (SSSR count). The van der Waals surface area contributed by atoms with Crippen LogP contribution in [0.1, 0.15) is 24.8 Å². The van der Waals surface area contributed by atoms with Crippen LogP contribution in [-0.4, -0.2) is 24.7 Å². The number of nitrogens with zero attached hydrogens (tertiary/aromatic N) is 1. The Bertz CT molecular complexity index is 310. The van der Waals surface area contributed by atoms with Gasteiger partial charge in [-0.3, -0.25) is 4.90 Å². The molecule has 1 aliphatic heterocycles. The summed E-state index contributed by atoms with van der Waals surface area (Å²) >= 11 is 0. The molecule has 1 aromatic rings. The first-order valence-corrected chi connectivity index (χ1v) is 6.25. The highest BCUT2D eigenvalue weighted by molar-refractivity contribution is 5.14. The molecule has 0 aromatic heterocycles. The predicted molar refractivity (Wildman–Crippen MR) is 68.1 cm³/mol. The zero-order valence-electron chi connectivity index (χ0n) is 10.1. The minimum Gasteiger partial charge on any atom is -0.316 e. The lowest BCUT2D eigenvalue weighted by atomic mass is 9.89. The van der Waals surface area contributed by atoms with Gasteiger partial charge in [0.2, 0.25) is 0 Å². The van der Waals surface area contributed by atoms with E-state index in [1.807, 2.05) is 0 Å². The monoisotopic (exact) mass is 218 g/mol. The molecular weight excluding hydrogens is 196 g/mol. The van der Waals surface area contributed by atoms with Gasteiger partial charge in [0.15, 0.2) is 0 Å². The van der Waals surface area contributed by atoms with Gasteiger partial charge in [-0.2, -0.15) is 0 Å². The summed E-state index contributed by atoms with van der Waals surface area (Å²) in [5, 5.41) is 0. The average molecular weight is 218 g/mol. The Hall–Kier alpha value is -0.860. The molecule has 0 spiro atoms. The van der Waals surface area contributed by atoms with E-state index in [0.717, 1.165) is 18.9 Å². The topological polar surface area (TPSA) is 29.3 Å². The number of benzene rings is 1. The Morgan fingerprint density at radius 2 is 2.06 bits per heavy atom. The summed E-state index contributed by atoms with van der Waals surface area (Å²) in [5.74, 6) is 0.811. The summed E-state index contributed by atoms with van der Waals surface area (Å²) in [4.78, 5) is 2.26. The van der Waals surface area contributed by atoms with Crippen LogP contribution < -0.4 is 5.73 Å². The van der Waals surface area contributed by atoms with E-state index in [9.17, 15) is 0 Å². The molecule has 2 N–H and O–H groups in total. The molecule has 0 aliphatic carbocycles. The van der Waals surface area contributed by atoms with Gasteiger partial charge in [0.05, 0.1) is 6.17 Å². The molecule has 0 bridgehead atoms. The Morgan fingerprint density at radius 1 is 1.31 bits per heavy atom. The predicted octanol–water partition coefficient (Wildman–Crippen LogP) is 2.25. The number of aryl methyl sites for hydroxylation is 1. The molecule has 1 heterocycles. The van der Waals surface area contributed by atoms with Crippen LogP contribution in [0.3, 0.4) is 0 Å². The lowest BCUT2D eigenvalue weighted by Gasteiger charge is -2.34. The first-order valence-electron chi connectivity index (χ1n) is 6.25. The molecule has 1 aromatic carbocycles. The van der Waals surface area contributed by atoms with E-state index in [1.165, 1.54) is 24.8 Å². The van der Waals surface area contributed by atoms with E-state index in [0.29, 0.717) is 0 Å². The van der Waals surface area contributed by atoms with Crippen molar-refractivity contribution in [1.82, 2.24) is 4.90 Å². The molecule has 2 nitrogen and oxygen atoms in total. The molecule has 1 fully saturated rings. The minimum atomic E-state index is 0.273. The number of likely N-dealkylation sites (tertiary alicyclic amines) is 1. The molecule has 16 heavy (non-hydrogen) atoms. The molecule has 0 radical (unpaired) electrons. The Labute approximate surface area is 98.4 Å². The van der Waals surface area contributed by atoms with Crippen LogP contribution in [-0.2, 0) is 6.42 Å². The highest BCUT2D eigenvalue weighted by Crippen LogP contribution is 2.23. The van der Waals surface area contributed by atoms with Crippen molar-refractivity contribution in [2.24, 2.45) is 11.7 Å². The molecule has 0 saturated carbocycles. The fraction of sp³-hybridized carbons (Fsp3) is 0.571. The number of piperidine rings is 1. The second-order valence-corrected chi connectivity index (χ2v) is 4.96. The van der Waals surface area contributed by atoms with Gasteiger partial charge < -0.3 is 5.73 Å². The standard InChI is InChI=1S/C14H22N2/c1-16-10-9-13(11-14(16)15)8-7-12-5-3-2-4-6-12/h2-6,13-14H,7-11,15H2,1H3. The van der Waals surface area contributed by atoms with Crippen molar-refractivity contribution >= 4 is 0 Å². The maximum atomic E-state index is 6.06. The zero-order valence-corrected chi connectivity index (χ0v) is 10.1. The Balaban J connectivity index is 1.79. The molecule has 0 amide bonds. The van der Waals surface area contributed by atoms with Crippen molar-refractivity contribution in [2.45, 2.75) is 31.8 Å². The normalized spacial score (nSPS) is 26.9. The van der Waals surface area contributed by atoms with E-state index in [1.54, 1.807) is 0 Å². The van der Waals surface area contributed by atoms with Crippen molar-refractivity contribution in [3.8, 4) is 0 Å². The van der Waals surface area contributed by atoms with E-state index in [2.05, 4.69) is 42.3 Å². The van der Waals surface area contributed by atoms with Gasteiger partial charge in [0.1, 0.15) is 0 Å². The number of hydrogen-bond acceptors (Lipinski definition) is 2. The molecule has 2 atom stereocenters. The minimum absolute atomic E-state index is 0.273. The summed E-state index contributed by atoms with van der Waals surface area (Å²) in [6.07, 6.45) is 5.21. The van der Waals surface area contributed by atoms with Gasteiger partial charge in [-0.1, -0.05) is 30.3 Å². The van der Waals surface area contributed by atoms with Crippen molar-refractivity contribution in [3.63, 3.8) is 0 Å². The van der Waals surface area contributed by atoms with Gasteiger partial charge in [-0.05, 0) is 50.8 Å². The fourth-order valence-corrected chi connectivity index (χ4v) is 2.47. The van der Waals surface area contributed by atoms with Crippen LogP contribution >= 0.6 is 0 Å². The van der Waals surface area contributed by atoms with Crippen LogP contribution in [0.5, 0.6) is 0 Å². The third-order valence-corrected chi connectivity index (χ3v) is 3.72. The Morgan fingerprint density at radius 3 is 2.75 bits per heavy atom. The summed E-state index contributed by atoms with van der Waals surface area (Å²) in [6, 6.07) is 10.8. The highest BCUT2D eigenvalue weighted by atomic mass is 15.2. The molecule has 88 valence electrons. The molecule has 1 saturated heterocycles. The smallest absolute Gasteiger partial charge is 0.0571 e. The van der Waals surface area contributed by atoms with Crippen LogP contribution in [0.4, 0.5) is 0 Å². The third-order valence-electron chi connectivity index (χ3n) is 3.72. The summed E-state index contributed by atoms with van der Waals surface area (Å²) in [5.41, 5.74) is 7.52. The van der Waals surface area contributed by atoms with Crippen LogP contribution in [0.2, 0.25) is 0 Å². The van der Waals surface area contributed by atoms with E-state index in [-0.39, 0.29) is 6.17 Å². The Kier molecular flexibility index (Phi) is 3.97. The van der Waals surface area contributed by atoms with Crippen molar-refractivity contribution < 1.29 is 0 Å². The summed E-state index contributed by atoms with van der Waals surface area (Å²) in [6.45, 7) is 1.15. The van der Waals surface area contributed by atoms with Crippen molar-refractivity contribution in [1.29, 1.82) is 0 Å². The maximum absolute atomic E-state index is 6.06. The van der Waals surface area contributed by atoms with E-state index < -0.39 is 0 Å². The lowest BCUT2D eigenvalue weighted by Crippen LogP contribution is -2.45. The number of hydrogen-bond donors (Lipinski definition) is 1. The van der Waals surface area contributed by atoms with Crippen LogP contribution in [0.25, 0.3) is 0 Å². The van der Waals surface area contributed by atoms with Crippen LogP contribution in [0, 0.1) is 5.92 Å². The molecule has 2 heteroatoms. The zero-order chi connectivity index (χ0) is 11.4. The second kappa shape index (κ2) is 5.46. The molecule has 2 unspecified atom stereocenters. The van der Waals surface area contributed by atoms with E-state index in [4.69, 9.17) is 5.73 Å². The van der Waals surface area contributed by atoms with Crippen LogP contribution in [0.15, 0.2) is 30.3 Å².